The first-order valence-corrected chi connectivity index (χ1v) is 9.71. The highest BCUT2D eigenvalue weighted by molar-refractivity contribution is 7.90. The number of amidine groups is 1. The molecule has 3 rings (SSSR count). The minimum Gasteiger partial charge on any atom is -0.355 e. The maximum absolute atomic E-state index is 12.0. The van der Waals surface area contributed by atoms with E-state index in [9.17, 15) is 13.2 Å². The first-order chi connectivity index (χ1) is 11.6. The molecule has 1 unspecified atom stereocenters. The smallest absolute Gasteiger partial charge is 0.263 e. The fourth-order valence-electron chi connectivity index (χ4n) is 2.94. The molecular formula is C16H22N4O3S. The standard InChI is InChI=1S/C16H22N4O3S/c21-15(19-11-12-5-3-9-17-12)8-4-10-18-16-13-6-1-2-7-14(13)24(22,23)20-16/h1-2,6-7,12,17H,3-5,8-11H2,(H,18,20)(H,19,21). The first-order valence-electron chi connectivity index (χ1n) is 8.23. The molecule has 8 heteroatoms. The van der Waals surface area contributed by atoms with Crippen LogP contribution in [0.1, 0.15) is 31.2 Å². The molecule has 0 bridgehead atoms. The van der Waals surface area contributed by atoms with Gasteiger partial charge in [-0.2, -0.15) is 0 Å². The molecule has 24 heavy (non-hydrogen) atoms. The topological polar surface area (TPSA) is 99.7 Å². The molecule has 0 aromatic heterocycles. The SMILES string of the molecule is O=C(CCCN=C1NS(=O)(=O)c2ccccc21)NCC1CCCN1. The molecule has 0 saturated carbocycles. The molecule has 0 spiro atoms. The zero-order valence-corrected chi connectivity index (χ0v) is 14.2. The van der Waals surface area contributed by atoms with Gasteiger partial charge in [0.05, 0.1) is 4.90 Å². The van der Waals surface area contributed by atoms with E-state index in [1.165, 1.54) is 0 Å². The van der Waals surface area contributed by atoms with Crippen LogP contribution >= 0.6 is 0 Å². The molecular weight excluding hydrogens is 328 g/mol. The summed E-state index contributed by atoms with van der Waals surface area (Å²) < 4.78 is 26.4. The summed E-state index contributed by atoms with van der Waals surface area (Å²) in [6.07, 6.45) is 3.23. The number of aliphatic imine (C=N–C) groups is 1. The van der Waals surface area contributed by atoms with E-state index in [2.05, 4.69) is 20.3 Å². The number of hydrogen-bond donors (Lipinski definition) is 3. The zero-order chi connectivity index (χ0) is 17.0. The lowest BCUT2D eigenvalue weighted by molar-refractivity contribution is -0.121. The maximum Gasteiger partial charge on any atom is 0.263 e. The van der Waals surface area contributed by atoms with Crippen LogP contribution in [0.4, 0.5) is 0 Å². The Labute approximate surface area is 142 Å². The number of fused-ring (bicyclic) bond motifs is 1. The number of hydrogen-bond acceptors (Lipinski definition) is 5. The van der Waals surface area contributed by atoms with Crippen molar-refractivity contribution in [1.82, 2.24) is 15.4 Å². The van der Waals surface area contributed by atoms with Crippen molar-refractivity contribution in [3.05, 3.63) is 29.8 Å². The molecule has 130 valence electrons. The van der Waals surface area contributed by atoms with Crippen molar-refractivity contribution in [3.8, 4) is 0 Å². The quantitative estimate of drug-likeness (QED) is 0.646. The summed E-state index contributed by atoms with van der Waals surface area (Å²) in [5, 5.41) is 6.25. The van der Waals surface area contributed by atoms with Gasteiger partial charge in [-0.3, -0.25) is 14.5 Å². The molecule has 2 heterocycles. The molecule has 1 amide bonds. The van der Waals surface area contributed by atoms with Gasteiger partial charge >= 0.3 is 0 Å². The molecule has 1 fully saturated rings. The summed E-state index contributed by atoms with van der Waals surface area (Å²) in [7, 11) is -3.49. The van der Waals surface area contributed by atoms with Crippen molar-refractivity contribution in [2.24, 2.45) is 4.99 Å². The molecule has 1 aromatic rings. The number of rotatable bonds is 6. The molecule has 0 radical (unpaired) electrons. The molecule has 3 N–H and O–H groups in total. The van der Waals surface area contributed by atoms with E-state index in [1.54, 1.807) is 24.3 Å². The Balaban J connectivity index is 1.46. The van der Waals surface area contributed by atoms with Crippen molar-refractivity contribution < 1.29 is 13.2 Å². The average molecular weight is 350 g/mol. The maximum atomic E-state index is 12.0. The van der Waals surface area contributed by atoms with Crippen molar-refractivity contribution in [3.63, 3.8) is 0 Å². The number of benzene rings is 1. The van der Waals surface area contributed by atoms with E-state index in [-0.39, 0.29) is 10.8 Å². The van der Waals surface area contributed by atoms with Crippen molar-refractivity contribution in [2.75, 3.05) is 19.6 Å². The zero-order valence-electron chi connectivity index (χ0n) is 13.4. The average Bonchev–Trinajstić information content (AvgIpc) is 3.17. The van der Waals surface area contributed by atoms with Gasteiger partial charge in [-0.05, 0) is 37.9 Å². The summed E-state index contributed by atoms with van der Waals surface area (Å²) in [6, 6.07) is 7.14. The number of sulfonamides is 1. The second-order valence-corrected chi connectivity index (χ2v) is 7.68. The lowest BCUT2D eigenvalue weighted by atomic mass is 10.2. The summed E-state index contributed by atoms with van der Waals surface area (Å²) in [5.74, 6) is 0.373. The van der Waals surface area contributed by atoms with Gasteiger partial charge in [0.1, 0.15) is 5.84 Å². The Kier molecular flexibility index (Phi) is 5.15. The van der Waals surface area contributed by atoms with E-state index < -0.39 is 10.0 Å². The number of carbonyl (C=O) groups excluding carboxylic acids is 1. The summed E-state index contributed by atoms with van der Waals surface area (Å²) in [5.41, 5.74) is 0.592. The normalized spacial score (nSPS) is 23.0. The molecule has 7 nitrogen and oxygen atoms in total. The fraction of sp³-hybridized carbons (Fsp3) is 0.500. The lowest BCUT2D eigenvalue weighted by Crippen LogP contribution is -2.37. The third kappa shape index (κ3) is 3.93. The van der Waals surface area contributed by atoms with Gasteiger partial charge < -0.3 is 10.6 Å². The van der Waals surface area contributed by atoms with Gasteiger partial charge in [0, 0.05) is 31.1 Å². The second kappa shape index (κ2) is 7.31. The first kappa shape index (κ1) is 16.9. The van der Waals surface area contributed by atoms with Gasteiger partial charge in [-0.1, -0.05) is 12.1 Å². The molecule has 0 aliphatic carbocycles. The Bertz CT molecular complexity index is 739. The number of amides is 1. The van der Waals surface area contributed by atoms with Gasteiger partial charge in [-0.15, -0.1) is 0 Å². The highest BCUT2D eigenvalue weighted by atomic mass is 32.2. The lowest BCUT2D eigenvalue weighted by Gasteiger charge is -2.11. The van der Waals surface area contributed by atoms with E-state index in [1.807, 2.05) is 0 Å². The van der Waals surface area contributed by atoms with Crippen LogP contribution in [-0.4, -0.2) is 45.8 Å². The molecule has 1 saturated heterocycles. The summed E-state index contributed by atoms with van der Waals surface area (Å²) >= 11 is 0. The Morgan fingerprint density at radius 2 is 2.17 bits per heavy atom. The van der Waals surface area contributed by atoms with Crippen molar-refractivity contribution >= 4 is 21.8 Å². The van der Waals surface area contributed by atoms with Crippen LogP contribution in [0, 0.1) is 0 Å². The second-order valence-electron chi connectivity index (χ2n) is 6.03. The van der Waals surface area contributed by atoms with Gasteiger partial charge in [0.2, 0.25) is 5.91 Å². The van der Waals surface area contributed by atoms with E-state index in [4.69, 9.17) is 0 Å². The van der Waals surface area contributed by atoms with Gasteiger partial charge in [0.15, 0.2) is 0 Å². The molecule has 1 atom stereocenters. The Morgan fingerprint density at radius 1 is 1.33 bits per heavy atom. The molecule has 1 aromatic carbocycles. The van der Waals surface area contributed by atoms with Crippen molar-refractivity contribution in [2.45, 2.75) is 36.6 Å². The summed E-state index contributed by atoms with van der Waals surface area (Å²) in [4.78, 5) is 16.4. The number of nitrogens with one attached hydrogen (secondary N) is 3. The van der Waals surface area contributed by atoms with Crippen molar-refractivity contribution in [1.29, 1.82) is 0 Å². The molecule has 2 aliphatic rings. The highest BCUT2D eigenvalue weighted by Gasteiger charge is 2.29. The van der Waals surface area contributed by atoms with Gasteiger partial charge in [-0.25, -0.2) is 8.42 Å². The van der Waals surface area contributed by atoms with E-state index >= 15 is 0 Å². The van der Waals surface area contributed by atoms with Crippen LogP contribution in [0.5, 0.6) is 0 Å². The predicted molar refractivity (Wildman–Crippen MR) is 91.4 cm³/mol. The number of nitrogens with zero attached hydrogens (tertiary/aromatic N) is 1. The minimum atomic E-state index is -3.49. The van der Waals surface area contributed by atoms with Crippen LogP contribution in [0.15, 0.2) is 34.2 Å². The largest absolute Gasteiger partial charge is 0.355 e. The van der Waals surface area contributed by atoms with E-state index in [0.29, 0.717) is 43.4 Å². The monoisotopic (exact) mass is 350 g/mol. The van der Waals surface area contributed by atoms with Crippen LogP contribution in [0.2, 0.25) is 0 Å². The van der Waals surface area contributed by atoms with Crippen LogP contribution < -0.4 is 15.4 Å². The van der Waals surface area contributed by atoms with Crippen LogP contribution in [0.25, 0.3) is 0 Å². The third-order valence-corrected chi connectivity index (χ3v) is 5.60. The Morgan fingerprint density at radius 3 is 2.96 bits per heavy atom. The third-order valence-electron chi connectivity index (χ3n) is 4.20. The Hall–Kier alpha value is -1.93. The highest BCUT2D eigenvalue weighted by Crippen LogP contribution is 2.22. The van der Waals surface area contributed by atoms with Gasteiger partial charge in [0.25, 0.3) is 10.0 Å². The predicted octanol–water partition coefficient (Wildman–Crippen LogP) is 0.374. The number of carbonyl (C=O) groups is 1. The van der Waals surface area contributed by atoms with Crippen LogP contribution in [0.3, 0.4) is 0 Å². The van der Waals surface area contributed by atoms with Crippen LogP contribution in [-0.2, 0) is 14.8 Å². The van der Waals surface area contributed by atoms with E-state index in [0.717, 1.165) is 19.4 Å². The molecule has 2 aliphatic heterocycles. The summed E-state index contributed by atoms with van der Waals surface area (Å²) in [6.45, 7) is 2.09. The fourth-order valence-corrected chi connectivity index (χ4v) is 4.19. The minimum absolute atomic E-state index is 0.0105.